The van der Waals surface area contributed by atoms with E-state index in [0.29, 0.717) is 0 Å². The number of carbonyl (C=O) groups excluding carboxylic acids is 1. The molecular formula is C24H24N2O2S. The molecule has 0 aromatic heterocycles. The zero-order valence-corrected chi connectivity index (χ0v) is 17.4. The van der Waals surface area contributed by atoms with Crippen molar-refractivity contribution in [3.63, 3.8) is 0 Å². The van der Waals surface area contributed by atoms with Crippen LogP contribution < -0.4 is 10.6 Å². The first-order valence-electron chi connectivity index (χ1n) is 9.36. The van der Waals surface area contributed by atoms with Gasteiger partial charge < -0.3 is 15.4 Å². The Balaban J connectivity index is 2.01. The van der Waals surface area contributed by atoms with Crippen molar-refractivity contribution in [1.82, 2.24) is 0 Å². The molecule has 148 valence electrons. The normalized spacial score (nSPS) is 12.6. The lowest BCUT2D eigenvalue weighted by Crippen LogP contribution is -2.59. The number of para-hydroxylation sites is 1. The minimum atomic E-state index is -1.36. The number of carbonyl (C=O) groups is 1. The Morgan fingerprint density at radius 3 is 2.00 bits per heavy atom. The molecule has 0 aliphatic carbocycles. The molecule has 0 saturated heterocycles. The lowest BCUT2D eigenvalue weighted by molar-refractivity contribution is -0.148. The molecule has 1 atom stereocenters. The van der Waals surface area contributed by atoms with Crippen LogP contribution in [0.4, 0.5) is 11.4 Å². The Kier molecular flexibility index (Phi) is 6.29. The number of benzene rings is 3. The summed E-state index contributed by atoms with van der Waals surface area (Å²) in [5, 5.41) is 0. The van der Waals surface area contributed by atoms with E-state index in [1.807, 2.05) is 96.8 Å². The van der Waals surface area contributed by atoms with Crippen LogP contribution in [0, 0.1) is 6.92 Å². The van der Waals surface area contributed by atoms with Crippen molar-refractivity contribution < 1.29 is 9.53 Å². The maximum absolute atomic E-state index is 13.3. The summed E-state index contributed by atoms with van der Waals surface area (Å²) in [5.41, 5.74) is 8.38. The van der Waals surface area contributed by atoms with Crippen LogP contribution in [-0.2, 0) is 16.1 Å². The molecule has 5 heteroatoms. The first-order valence-corrected chi connectivity index (χ1v) is 9.77. The summed E-state index contributed by atoms with van der Waals surface area (Å²) in [5.74, 6) is -0.502. The van der Waals surface area contributed by atoms with E-state index in [2.05, 4.69) is 0 Å². The molecule has 3 rings (SSSR count). The lowest BCUT2D eigenvalue weighted by Gasteiger charge is -2.40. The van der Waals surface area contributed by atoms with E-state index >= 15 is 0 Å². The van der Waals surface area contributed by atoms with Crippen LogP contribution in [0.15, 0.2) is 84.9 Å². The maximum Gasteiger partial charge on any atom is 0.339 e. The number of rotatable bonds is 7. The summed E-state index contributed by atoms with van der Waals surface area (Å²) >= 11 is 5.37. The number of anilines is 2. The second-order valence-electron chi connectivity index (χ2n) is 7.00. The van der Waals surface area contributed by atoms with Crippen molar-refractivity contribution in [2.24, 2.45) is 5.73 Å². The second kappa shape index (κ2) is 8.88. The topological polar surface area (TPSA) is 55.6 Å². The minimum Gasteiger partial charge on any atom is -0.459 e. The van der Waals surface area contributed by atoms with E-state index in [1.165, 1.54) is 0 Å². The molecule has 0 saturated carbocycles. The van der Waals surface area contributed by atoms with E-state index < -0.39 is 11.5 Å². The third kappa shape index (κ3) is 4.46. The van der Waals surface area contributed by atoms with Crippen LogP contribution in [-0.4, -0.2) is 16.5 Å². The average Bonchev–Trinajstić information content (AvgIpc) is 2.74. The first kappa shape index (κ1) is 20.6. The number of thiocarbonyl (C=S) groups is 1. The zero-order valence-electron chi connectivity index (χ0n) is 16.5. The van der Waals surface area contributed by atoms with Crippen LogP contribution in [0.1, 0.15) is 18.1 Å². The fourth-order valence-corrected chi connectivity index (χ4v) is 3.28. The van der Waals surface area contributed by atoms with Gasteiger partial charge in [-0.3, -0.25) is 0 Å². The van der Waals surface area contributed by atoms with E-state index in [-0.39, 0.29) is 11.6 Å². The second-order valence-corrected chi connectivity index (χ2v) is 7.44. The van der Waals surface area contributed by atoms with Gasteiger partial charge in [-0.2, -0.15) is 0 Å². The first-order chi connectivity index (χ1) is 13.9. The number of aryl methyl sites for hydroxylation is 1. The molecule has 0 aliphatic heterocycles. The molecular weight excluding hydrogens is 380 g/mol. The highest BCUT2D eigenvalue weighted by atomic mass is 32.1. The summed E-state index contributed by atoms with van der Waals surface area (Å²) in [6.07, 6.45) is 0. The molecule has 0 fully saturated rings. The predicted molar refractivity (Wildman–Crippen MR) is 121 cm³/mol. The number of nitrogens with zero attached hydrogens (tertiary/aromatic N) is 1. The quantitative estimate of drug-likeness (QED) is 0.447. The summed E-state index contributed by atoms with van der Waals surface area (Å²) < 4.78 is 5.65. The molecule has 2 N–H and O–H groups in total. The van der Waals surface area contributed by atoms with Gasteiger partial charge in [-0.25, -0.2) is 4.79 Å². The molecule has 4 nitrogen and oxygen atoms in total. The molecule has 0 aliphatic rings. The van der Waals surface area contributed by atoms with Gasteiger partial charge in [0.25, 0.3) is 0 Å². The fourth-order valence-electron chi connectivity index (χ4n) is 3.10. The van der Waals surface area contributed by atoms with Crippen LogP contribution >= 0.6 is 12.2 Å². The van der Waals surface area contributed by atoms with Crippen molar-refractivity contribution >= 4 is 34.6 Å². The van der Waals surface area contributed by atoms with E-state index in [0.717, 1.165) is 22.5 Å². The monoisotopic (exact) mass is 404 g/mol. The van der Waals surface area contributed by atoms with Gasteiger partial charge >= 0.3 is 5.97 Å². The molecule has 3 aromatic carbocycles. The predicted octanol–water partition coefficient (Wildman–Crippen LogP) is 4.92. The number of hydrogen-bond donors (Lipinski definition) is 1. The van der Waals surface area contributed by atoms with Crippen molar-refractivity contribution in [2.45, 2.75) is 26.0 Å². The Labute approximate surface area is 176 Å². The third-order valence-corrected chi connectivity index (χ3v) is 5.24. The molecule has 0 unspecified atom stereocenters. The van der Waals surface area contributed by atoms with Crippen molar-refractivity contribution in [2.75, 3.05) is 4.90 Å². The Bertz CT molecular complexity index is 975. The molecule has 0 heterocycles. The minimum absolute atomic E-state index is 0.0417. The largest absolute Gasteiger partial charge is 0.459 e. The van der Waals surface area contributed by atoms with Gasteiger partial charge in [-0.1, -0.05) is 78.4 Å². The molecule has 3 aromatic rings. The van der Waals surface area contributed by atoms with Gasteiger partial charge in [0.1, 0.15) is 11.6 Å². The van der Waals surface area contributed by atoms with E-state index in [9.17, 15) is 4.79 Å². The van der Waals surface area contributed by atoms with Crippen molar-refractivity contribution in [3.05, 3.63) is 96.1 Å². The van der Waals surface area contributed by atoms with Crippen molar-refractivity contribution in [3.8, 4) is 0 Å². The fraction of sp³-hybridized carbons (Fsp3) is 0.167. The van der Waals surface area contributed by atoms with Gasteiger partial charge in [-0.15, -0.1) is 0 Å². The number of nitrogens with two attached hydrogens (primary N) is 1. The molecule has 0 radical (unpaired) electrons. The Morgan fingerprint density at radius 2 is 1.45 bits per heavy atom. The highest BCUT2D eigenvalue weighted by molar-refractivity contribution is 7.80. The zero-order chi connectivity index (χ0) is 20.9. The molecule has 29 heavy (non-hydrogen) atoms. The highest BCUT2D eigenvalue weighted by Crippen LogP contribution is 2.35. The number of esters is 1. The molecule has 0 amide bonds. The smallest absolute Gasteiger partial charge is 0.339 e. The highest BCUT2D eigenvalue weighted by Gasteiger charge is 2.45. The standard InChI is InChI=1S/C24H24N2O2S/c1-18-13-15-21(16-14-18)26(20-11-7-4-8-12-20)24(2,22(25)29)23(27)28-17-19-9-5-3-6-10-19/h3-16H,17H2,1-2H3,(H2,25,29)/t24-/m1/s1. The summed E-state index contributed by atoms with van der Waals surface area (Å²) in [4.78, 5) is 15.2. The molecule has 0 bridgehead atoms. The van der Waals surface area contributed by atoms with Gasteiger partial charge in [-0.05, 0) is 43.7 Å². The van der Waals surface area contributed by atoms with Crippen molar-refractivity contribution in [1.29, 1.82) is 0 Å². The number of ether oxygens (including phenoxy) is 1. The van der Waals surface area contributed by atoms with Crippen LogP contribution in [0.25, 0.3) is 0 Å². The number of hydrogen-bond acceptors (Lipinski definition) is 4. The summed E-state index contributed by atoms with van der Waals surface area (Å²) in [7, 11) is 0. The van der Waals surface area contributed by atoms with Gasteiger partial charge in [0.15, 0.2) is 5.54 Å². The third-order valence-electron chi connectivity index (χ3n) is 4.84. The van der Waals surface area contributed by atoms with E-state index in [1.54, 1.807) is 6.92 Å². The van der Waals surface area contributed by atoms with E-state index in [4.69, 9.17) is 22.7 Å². The van der Waals surface area contributed by atoms with Crippen LogP contribution in [0.5, 0.6) is 0 Å². The van der Waals surface area contributed by atoms with Gasteiger partial charge in [0, 0.05) is 11.4 Å². The maximum atomic E-state index is 13.3. The average molecular weight is 405 g/mol. The SMILES string of the molecule is Cc1ccc(N(c2ccccc2)[C@@](C)(C(=O)OCc2ccccc2)C(N)=S)cc1. The van der Waals surface area contributed by atoms with Gasteiger partial charge in [0.05, 0.1) is 0 Å². The van der Waals surface area contributed by atoms with Crippen LogP contribution in [0.3, 0.4) is 0 Å². The summed E-state index contributed by atoms with van der Waals surface area (Å²) in [6.45, 7) is 3.86. The van der Waals surface area contributed by atoms with Crippen LogP contribution in [0.2, 0.25) is 0 Å². The van der Waals surface area contributed by atoms with Gasteiger partial charge in [0.2, 0.25) is 0 Å². The Morgan fingerprint density at radius 1 is 0.931 bits per heavy atom. The summed E-state index contributed by atoms with van der Waals surface area (Å²) in [6, 6.07) is 27.0. The molecule has 0 spiro atoms. The lowest BCUT2D eigenvalue weighted by atomic mass is 9.97. The Hall–Kier alpha value is -3.18.